The summed E-state index contributed by atoms with van der Waals surface area (Å²) in [7, 11) is 0. The van der Waals surface area contributed by atoms with Crippen molar-refractivity contribution in [3.8, 4) is 0 Å². The molecule has 3 aromatic carbocycles. The number of ether oxygens (including phenoxy) is 1. The number of hydrogen-bond acceptors (Lipinski definition) is 1. The molecule has 0 heterocycles. The van der Waals surface area contributed by atoms with E-state index in [4.69, 9.17) is 4.74 Å². The highest BCUT2D eigenvalue weighted by Gasteiger charge is 2.35. The quantitative estimate of drug-likeness (QED) is 0.153. The normalized spacial score (nSPS) is 12.2. The molecule has 3 aromatic rings. The summed E-state index contributed by atoms with van der Waals surface area (Å²) in [6.07, 6.45) is 6.06. The number of benzene rings is 3. The van der Waals surface area contributed by atoms with Gasteiger partial charge in [0.05, 0.1) is 13.2 Å². The molecule has 0 fully saturated rings. The van der Waals surface area contributed by atoms with Gasteiger partial charge in [-0.1, -0.05) is 87.7 Å². The fraction of sp³-hybridized carbons (Fsp3) is 0.379. The molecule has 0 N–H and O–H groups in total. The van der Waals surface area contributed by atoms with Crippen LogP contribution in [0.3, 0.4) is 0 Å². The number of quaternary nitrogens is 1. The van der Waals surface area contributed by atoms with Crippen molar-refractivity contribution in [2.24, 2.45) is 5.92 Å². The Hall–Kier alpha value is -2.36. The lowest BCUT2D eigenvalue weighted by Gasteiger charge is -2.37. The van der Waals surface area contributed by atoms with Crippen molar-refractivity contribution in [3.05, 3.63) is 91.0 Å². The molecular formula is C29H38BNO+. The second-order valence-corrected chi connectivity index (χ2v) is 8.38. The van der Waals surface area contributed by atoms with Crippen LogP contribution < -0.4 is 4.48 Å². The van der Waals surface area contributed by atoms with Crippen LogP contribution in [-0.2, 0) is 4.74 Å². The standard InChI is InChI=1S/C29H38NO.B/c1-3-5-16-26(4-2)25-31-24-15-23-30(27-17-9-6-10-18-27,28-19-11-7-12-20-28)29-21-13-8-14-22-29;/h6-14,17-22,26H,3-5,15-16,23-25H2,1-2H3;/q+1;. The van der Waals surface area contributed by atoms with Crippen LogP contribution in [0.2, 0.25) is 0 Å². The topological polar surface area (TPSA) is 9.23 Å². The first kappa shape index (κ1) is 25.9. The summed E-state index contributed by atoms with van der Waals surface area (Å²) >= 11 is 0. The predicted molar refractivity (Wildman–Crippen MR) is 140 cm³/mol. The molecule has 0 saturated heterocycles. The molecule has 0 aromatic heterocycles. The SMILES string of the molecule is CCCCC(CC)COCCC[N+](c1ccccc1)(c1ccccc1)c1ccccc1.[B]. The molecule has 0 aliphatic heterocycles. The third-order valence-electron chi connectivity index (χ3n) is 6.27. The van der Waals surface area contributed by atoms with Gasteiger partial charge in [-0.3, -0.25) is 0 Å². The van der Waals surface area contributed by atoms with Crippen molar-refractivity contribution in [1.82, 2.24) is 4.48 Å². The van der Waals surface area contributed by atoms with Crippen LogP contribution in [0.4, 0.5) is 17.1 Å². The van der Waals surface area contributed by atoms with Crippen molar-refractivity contribution in [2.45, 2.75) is 46.0 Å². The summed E-state index contributed by atoms with van der Waals surface area (Å²) in [5.41, 5.74) is 3.86. The number of para-hydroxylation sites is 3. The Labute approximate surface area is 197 Å². The molecule has 167 valence electrons. The van der Waals surface area contributed by atoms with E-state index >= 15 is 0 Å². The van der Waals surface area contributed by atoms with Crippen LogP contribution in [-0.4, -0.2) is 28.2 Å². The Morgan fingerprint density at radius 3 is 1.56 bits per heavy atom. The third-order valence-corrected chi connectivity index (χ3v) is 6.27. The molecule has 3 radical (unpaired) electrons. The second-order valence-electron chi connectivity index (χ2n) is 8.38. The molecule has 0 bridgehead atoms. The molecule has 0 amide bonds. The minimum atomic E-state index is 0. The van der Waals surface area contributed by atoms with Crippen molar-refractivity contribution in [1.29, 1.82) is 0 Å². The van der Waals surface area contributed by atoms with E-state index in [1.54, 1.807) is 0 Å². The maximum absolute atomic E-state index is 6.18. The van der Waals surface area contributed by atoms with E-state index in [0.29, 0.717) is 10.4 Å². The van der Waals surface area contributed by atoms with Gasteiger partial charge >= 0.3 is 0 Å². The Morgan fingerprint density at radius 1 is 0.688 bits per heavy atom. The van der Waals surface area contributed by atoms with E-state index in [-0.39, 0.29) is 8.41 Å². The molecule has 3 heteroatoms. The lowest BCUT2D eigenvalue weighted by Crippen LogP contribution is -2.40. The molecule has 0 saturated carbocycles. The highest BCUT2D eigenvalue weighted by Crippen LogP contribution is 2.43. The van der Waals surface area contributed by atoms with E-state index in [1.165, 1.54) is 42.7 Å². The zero-order chi connectivity index (χ0) is 21.8. The van der Waals surface area contributed by atoms with Crippen LogP contribution in [0, 0.1) is 5.92 Å². The van der Waals surface area contributed by atoms with Gasteiger partial charge in [0, 0.05) is 21.4 Å². The summed E-state index contributed by atoms with van der Waals surface area (Å²) < 4.78 is 6.88. The molecule has 2 nitrogen and oxygen atoms in total. The Kier molecular flexibility index (Phi) is 11.3. The van der Waals surface area contributed by atoms with E-state index < -0.39 is 0 Å². The summed E-state index contributed by atoms with van der Waals surface area (Å²) in [5.74, 6) is 0.691. The first-order valence-corrected chi connectivity index (χ1v) is 11.9. The maximum Gasteiger partial charge on any atom is 0.143 e. The van der Waals surface area contributed by atoms with Crippen molar-refractivity contribution in [2.75, 3.05) is 19.8 Å². The zero-order valence-electron chi connectivity index (χ0n) is 19.8. The average molecular weight is 427 g/mol. The Balaban J connectivity index is 0.00000363. The van der Waals surface area contributed by atoms with Gasteiger partial charge in [0.2, 0.25) is 0 Å². The smallest absolute Gasteiger partial charge is 0.143 e. The molecule has 0 aliphatic carbocycles. The second kappa shape index (κ2) is 13.9. The number of unbranched alkanes of at least 4 members (excludes halogenated alkanes) is 1. The Bertz CT molecular complexity index is 757. The van der Waals surface area contributed by atoms with Crippen LogP contribution in [0.25, 0.3) is 0 Å². The molecule has 1 unspecified atom stereocenters. The average Bonchev–Trinajstić information content (AvgIpc) is 2.85. The first-order chi connectivity index (χ1) is 15.3. The lowest BCUT2D eigenvalue weighted by atomic mass is 10.0. The van der Waals surface area contributed by atoms with Crippen molar-refractivity contribution in [3.63, 3.8) is 0 Å². The van der Waals surface area contributed by atoms with E-state index in [9.17, 15) is 0 Å². The van der Waals surface area contributed by atoms with Crippen LogP contribution in [0.15, 0.2) is 91.0 Å². The van der Waals surface area contributed by atoms with Gasteiger partial charge in [0.25, 0.3) is 0 Å². The summed E-state index contributed by atoms with van der Waals surface area (Å²) in [5, 5.41) is 0. The van der Waals surface area contributed by atoms with Gasteiger partial charge in [-0.25, -0.2) is 4.48 Å². The van der Waals surface area contributed by atoms with Crippen LogP contribution in [0.5, 0.6) is 0 Å². The third kappa shape index (κ3) is 6.57. The van der Waals surface area contributed by atoms with Gasteiger partial charge in [-0.05, 0) is 48.7 Å². The zero-order valence-corrected chi connectivity index (χ0v) is 19.8. The van der Waals surface area contributed by atoms with E-state index in [0.717, 1.165) is 26.2 Å². The summed E-state index contributed by atoms with van der Waals surface area (Å²) in [6.45, 7) is 7.20. The monoisotopic (exact) mass is 427 g/mol. The van der Waals surface area contributed by atoms with Gasteiger partial charge < -0.3 is 4.74 Å². The van der Waals surface area contributed by atoms with Crippen molar-refractivity contribution >= 4 is 25.5 Å². The first-order valence-electron chi connectivity index (χ1n) is 11.9. The van der Waals surface area contributed by atoms with Gasteiger partial charge in [-0.15, -0.1) is 0 Å². The minimum Gasteiger partial charge on any atom is -0.381 e. The van der Waals surface area contributed by atoms with Gasteiger partial charge in [0.1, 0.15) is 17.1 Å². The molecular weight excluding hydrogens is 389 g/mol. The summed E-state index contributed by atoms with van der Waals surface area (Å²) in [6, 6.07) is 32.6. The predicted octanol–water partition coefficient (Wildman–Crippen LogP) is 7.90. The molecule has 0 spiro atoms. The maximum atomic E-state index is 6.18. The van der Waals surface area contributed by atoms with Gasteiger partial charge in [-0.2, -0.15) is 0 Å². The van der Waals surface area contributed by atoms with Gasteiger partial charge in [0.15, 0.2) is 0 Å². The molecule has 3 rings (SSSR count). The van der Waals surface area contributed by atoms with E-state index in [1.807, 2.05) is 0 Å². The number of rotatable bonds is 13. The fourth-order valence-electron chi connectivity index (χ4n) is 4.43. The van der Waals surface area contributed by atoms with Crippen molar-refractivity contribution < 1.29 is 4.74 Å². The largest absolute Gasteiger partial charge is 0.381 e. The number of hydrogen-bond donors (Lipinski definition) is 0. The fourth-order valence-corrected chi connectivity index (χ4v) is 4.43. The Morgan fingerprint density at radius 2 is 1.16 bits per heavy atom. The highest BCUT2D eigenvalue weighted by atomic mass is 16.5. The van der Waals surface area contributed by atoms with E-state index in [2.05, 4.69) is 105 Å². The highest BCUT2D eigenvalue weighted by molar-refractivity contribution is 5.75. The van der Waals surface area contributed by atoms with Crippen LogP contribution in [0.1, 0.15) is 46.0 Å². The minimum absolute atomic E-state index is 0. The summed E-state index contributed by atoms with van der Waals surface area (Å²) in [4.78, 5) is 0. The van der Waals surface area contributed by atoms with Crippen LogP contribution >= 0.6 is 0 Å². The molecule has 1 atom stereocenters. The lowest BCUT2D eigenvalue weighted by molar-refractivity contribution is 0.0902. The molecule has 32 heavy (non-hydrogen) atoms. The number of nitrogens with zero attached hydrogens (tertiary/aromatic N) is 1. The molecule has 0 aliphatic rings.